The Kier molecular flexibility index (Phi) is 5.28. The van der Waals surface area contributed by atoms with Crippen LogP contribution in [-0.4, -0.2) is 47.6 Å². The largest absolute Gasteiger partial charge is 0.472 e. The van der Waals surface area contributed by atoms with Gasteiger partial charge in [-0.25, -0.2) is 4.79 Å². The summed E-state index contributed by atoms with van der Waals surface area (Å²) in [6.07, 6.45) is 4.61. The number of esters is 3. The number of epoxide rings is 1. The van der Waals surface area contributed by atoms with Crippen molar-refractivity contribution in [2.45, 2.75) is 91.3 Å². The Morgan fingerprint density at radius 3 is 2.31 bits per heavy atom. The zero-order valence-electron chi connectivity index (χ0n) is 23.4. The predicted octanol–water partition coefficient (Wildman–Crippen LogP) is 4.10. The maximum Gasteiger partial charge on any atom is 0.339 e. The molecule has 0 bridgehead atoms. The van der Waals surface area contributed by atoms with Gasteiger partial charge in [0, 0.05) is 41.6 Å². The van der Waals surface area contributed by atoms with Gasteiger partial charge in [0.1, 0.15) is 23.9 Å². The molecule has 5 aliphatic rings. The van der Waals surface area contributed by atoms with E-state index in [4.69, 9.17) is 23.4 Å². The number of furan rings is 1. The Hall–Kier alpha value is -2.94. The third-order valence-corrected chi connectivity index (χ3v) is 11.1. The van der Waals surface area contributed by atoms with Gasteiger partial charge in [-0.2, -0.15) is 0 Å². The molecule has 6 rings (SSSR count). The van der Waals surface area contributed by atoms with Crippen LogP contribution in [0.2, 0.25) is 0 Å². The van der Waals surface area contributed by atoms with Crippen LogP contribution in [-0.2, 0) is 38.1 Å². The molecule has 10 atom stereocenters. The van der Waals surface area contributed by atoms with Crippen molar-refractivity contribution in [3.05, 3.63) is 36.3 Å². The second-order valence-electron chi connectivity index (χ2n) is 13.3. The number of ether oxygens (including phenoxy) is 4. The van der Waals surface area contributed by atoms with Crippen molar-refractivity contribution in [2.24, 2.45) is 33.5 Å². The molecule has 1 aromatic rings. The number of fused-ring (bicyclic) bond motifs is 3. The van der Waals surface area contributed by atoms with Gasteiger partial charge in [-0.15, -0.1) is 0 Å². The summed E-state index contributed by atoms with van der Waals surface area (Å²) in [5.74, 6) is -2.29. The van der Waals surface area contributed by atoms with Crippen molar-refractivity contribution < 1.29 is 42.5 Å². The molecule has 1 aromatic heterocycles. The molecule has 1 spiro atoms. The van der Waals surface area contributed by atoms with Crippen LogP contribution in [0, 0.1) is 33.5 Å². The van der Waals surface area contributed by atoms with Gasteiger partial charge in [-0.05, 0) is 36.3 Å². The summed E-state index contributed by atoms with van der Waals surface area (Å²) in [5, 5.41) is 0. The van der Waals surface area contributed by atoms with E-state index < -0.39 is 75.5 Å². The first-order valence-corrected chi connectivity index (χ1v) is 13.6. The van der Waals surface area contributed by atoms with Crippen LogP contribution in [0.15, 0.2) is 35.2 Å². The minimum atomic E-state index is -1.08. The monoisotopic (exact) mass is 540 g/mol. The van der Waals surface area contributed by atoms with E-state index in [-0.39, 0.29) is 11.7 Å². The number of carbonyl (C=O) groups is 4. The van der Waals surface area contributed by atoms with Gasteiger partial charge in [0.25, 0.3) is 0 Å². The van der Waals surface area contributed by atoms with Gasteiger partial charge >= 0.3 is 17.9 Å². The van der Waals surface area contributed by atoms with Crippen molar-refractivity contribution >= 4 is 23.7 Å². The second-order valence-corrected chi connectivity index (χ2v) is 13.3. The molecule has 0 N–H and O–H groups in total. The van der Waals surface area contributed by atoms with Gasteiger partial charge in [-0.1, -0.05) is 40.7 Å². The average Bonchev–Trinajstić information content (AvgIpc) is 3.41. The molecule has 3 aliphatic carbocycles. The molecule has 9 nitrogen and oxygen atoms in total. The fourth-order valence-corrected chi connectivity index (χ4v) is 9.68. The topological polar surface area (TPSA) is 122 Å². The third-order valence-electron chi connectivity index (χ3n) is 11.1. The molecule has 1 unspecified atom stereocenters. The summed E-state index contributed by atoms with van der Waals surface area (Å²) in [6.45, 7) is 12.5. The van der Waals surface area contributed by atoms with Crippen molar-refractivity contribution in [3.63, 3.8) is 0 Å². The summed E-state index contributed by atoms with van der Waals surface area (Å²) in [6, 6.07) is 1.79. The van der Waals surface area contributed by atoms with Crippen LogP contribution in [0.25, 0.3) is 0 Å². The van der Waals surface area contributed by atoms with Crippen LogP contribution in [0.1, 0.15) is 73.0 Å². The van der Waals surface area contributed by atoms with E-state index in [9.17, 15) is 19.2 Å². The highest BCUT2D eigenvalue weighted by atomic mass is 16.7. The van der Waals surface area contributed by atoms with Crippen molar-refractivity contribution in [2.75, 3.05) is 0 Å². The fourth-order valence-electron chi connectivity index (χ4n) is 9.68. The van der Waals surface area contributed by atoms with Gasteiger partial charge in [0.05, 0.1) is 12.5 Å². The molecule has 4 fully saturated rings. The Labute approximate surface area is 227 Å². The Morgan fingerprint density at radius 1 is 1.00 bits per heavy atom. The number of hydrogen-bond donors (Lipinski definition) is 0. The highest BCUT2D eigenvalue weighted by Crippen LogP contribution is 2.80. The first-order valence-electron chi connectivity index (χ1n) is 13.6. The van der Waals surface area contributed by atoms with Crippen molar-refractivity contribution in [1.29, 1.82) is 0 Å². The summed E-state index contributed by atoms with van der Waals surface area (Å²) in [5.41, 5.74) is -3.58. The zero-order valence-corrected chi connectivity index (χ0v) is 23.4. The Bertz CT molecular complexity index is 1300. The lowest BCUT2D eigenvalue weighted by Gasteiger charge is -2.69. The minimum absolute atomic E-state index is 0.0760. The molecule has 0 radical (unpaired) electrons. The number of ketones is 1. The van der Waals surface area contributed by atoms with Crippen LogP contribution < -0.4 is 0 Å². The molecule has 39 heavy (non-hydrogen) atoms. The molecular formula is C30H36O9. The highest BCUT2D eigenvalue weighted by Gasteiger charge is 2.89. The lowest BCUT2D eigenvalue weighted by atomic mass is 9.35. The average molecular weight is 541 g/mol. The molecular weight excluding hydrogens is 504 g/mol. The van der Waals surface area contributed by atoms with Crippen molar-refractivity contribution in [3.8, 4) is 0 Å². The van der Waals surface area contributed by atoms with E-state index in [0.717, 1.165) is 5.56 Å². The quantitative estimate of drug-likeness (QED) is 0.317. The van der Waals surface area contributed by atoms with Crippen molar-refractivity contribution in [1.82, 2.24) is 0 Å². The smallest absolute Gasteiger partial charge is 0.339 e. The first kappa shape index (κ1) is 26.3. The molecule has 3 heterocycles. The van der Waals surface area contributed by atoms with E-state index in [2.05, 4.69) is 13.8 Å². The number of allylic oxidation sites excluding steroid dienone is 2. The van der Waals surface area contributed by atoms with E-state index in [1.807, 2.05) is 26.8 Å². The maximum absolute atomic E-state index is 13.4. The third kappa shape index (κ3) is 3.00. The van der Waals surface area contributed by atoms with Gasteiger partial charge in [0.2, 0.25) is 0 Å². The molecule has 0 aromatic carbocycles. The van der Waals surface area contributed by atoms with Gasteiger partial charge < -0.3 is 23.4 Å². The molecule has 210 valence electrons. The minimum Gasteiger partial charge on any atom is -0.472 e. The molecule has 0 amide bonds. The zero-order chi connectivity index (χ0) is 28.3. The predicted molar refractivity (Wildman–Crippen MR) is 135 cm³/mol. The van der Waals surface area contributed by atoms with E-state index in [0.29, 0.717) is 12.8 Å². The molecule has 2 aliphatic heterocycles. The Balaban J connectivity index is 1.61. The summed E-state index contributed by atoms with van der Waals surface area (Å²) >= 11 is 0. The van der Waals surface area contributed by atoms with Gasteiger partial charge in [0.15, 0.2) is 11.9 Å². The lowest BCUT2D eigenvalue weighted by Crippen LogP contribution is -2.76. The van der Waals surface area contributed by atoms with Crippen LogP contribution in [0.4, 0.5) is 0 Å². The lowest BCUT2D eigenvalue weighted by molar-refractivity contribution is -0.284. The Morgan fingerprint density at radius 2 is 1.69 bits per heavy atom. The molecule has 2 saturated carbocycles. The summed E-state index contributed by atoms with van der Waals surface area (Å²) < 4.78 is 30.1. The van der Waals surface area contributed by atoms with E-state index in [1.54, 1.807) is 24.7 Å². The fraction of sp³-hybridized carbons (Fsp3) is 0.667. The van der Waals surface area contributed by atoms with Crippen LogP contribution >= 0.6 is 0 Å². The molecule has 9 heteroatoms. The van der Waals surface area contributed by atoms with E-state index >= 15 is 0 Å². The summed E-state index contributed by atoms with van der Waals surface area (Å²) in [7, 11) is 0. The number of cyclic esters (lactones) is 1. The second kappa shape index (κ2) is 7.83. The summed E-state index contributed by atoms with van der Waals surface area (Å²) in [4.78, 5) is 52.0. The highest BCUT2D eigenvalue weighted by molar-refractivity contribution is 5.96. The van der Waals surface area contributed by atoms with Crippen LogP contribution in [0.3, 0.4) is 0 Å². The van der Waals surface area contributed by atoms with E-state index in [1.165, 1.54) is 13.8 Å². The number of carbonyl (C=O) groups excluding carboxylic acids is 4. The van der Waals surface area contributed by atoms with Crippen LogP contribution in [0.5, 0.6) is 0 Å². The molecule has 2 saturated heterocycles. The standard InChI is InChI=1S/C30H36O9/c1-15(31)36-20-21-26(3,4)19(33)9-11-27(21,5)18-8-12-28(6)22(17-10-13-35-14-17)38-25(34)24-30(28,39-24)29(18,7)23(20)37-16(2)32/h9-11,13-14,18,20-24H,8,12H2,1-7H3/t18-,20-,21?,22+,23-,24-,27-,28+,29+,30-/m1/s1. The maximum atomic E-state index is 13.4. The first-order chi connectivity index (χ1) is 18.2. The SMILES string of the molecule is CC(=O)O[C@@H]1C2C(C)(C)C(=O)C=C[C@]2(C)[C@H]2CC[C@@]3(C)[C@H](c4ccoc4)OC(=O)[C@H]4O[C@]43[C@]2(C)[C@@H]1OC(C)=O. The van der Waals surface area contributed by atoms with Gasteiger partial charge in [-0.3, -0.25) is 14.4 Å². The number of hydrogen-bond acceptors (Lipinski definition) is 9. The normalized spacial score (nSPS) is 47.1. The number of rotatable bonds is 3.